The van der Waals surface area contributed by atoms with E-state index < -0.39 is 0 Å². The maximum Gasteiger partial charge on any atom is 0.107 e. The molecule has 11 heavy (non-hydrogen) atoms. The van der Waals surface area contributed by atoms with E-state index in [0.29, 0.717) is 0 Å². The van der Waals surface area contributed by atoms with Gasteiger partial charge in [0.2, 0.25) is 0 Å². The van der Waals surface area contributed by atoms with Crippen molar-refractivity contribution in [3.05, 3.63) is 35.4 Å². The Bertz CT molecular complexity index is 255. The van der Waals surface area contributed by atoms with E-state index in [1.807, 2.05) is 5.41 Å². The highest BCUT2D eigenvalue weighted by Gasteiger charge is 2.09. The molecule has 1 heterocycles. The van der Waals surface area contributed by atoms with Crippen LogP contribution < -0.4 is 0 Å². The summed E-state index contributed by atoms with van der Waals surface area (Å²) in [5.41, 5.74) is 2.53. The molecule has 0 unspecified atom stereocenters. The largest absolute Gasteiger partial charge is 0.250 e. The predicted octanol–water partition coefficient (Wildman–Crippen LogP) is 3.13. The summed E-state index contributed by atoms with van der Waals surface area (Å²) in [6, 6.07) is 0. The maximum atomic E-state index is 4.15. The van der Waals surface area contributed by atoms with Crippen molar-refractivity contribution in [1.82, 2.24) is 0 Å². The highest BCUT2D eigenvalue weighted by atomic mass is 32.2. The minimum Gasteiger partial charge on any atom is -0.250 e. The SMILES string of the molecule is C=CN=C1SC=CC1=C(C)C. The van der Waals surface area contributed by atoms with Crippen LogP contribution in [0.3, 0.4) is 0 Å². The zero-order chi connectivity index (χ0) is 8.27. The van der Waals surface area contributed by atoms with Crippen LogP contribution in [0.1, 0.15) is 13.8 Å². The molecular weight excluding hydrogens is 154 g/mol. The third-order valence-electron chi connectivity index (χ3n) is 1.39. The van der Waals surface area contributed by atoms with Gasteiger partial charge in [0.15, 0.2) is 0 Å². The summed E-state index contributed by atoms with van der Waals surface area (Å²) in [5.74, 6) is 0. The summed E-state index contributed by atoms with van der Waals surface area (Å²) in [4.78, 5) is 4.15. The molecule has 0 amide bonds. The summed E-state index contributed by atoms with van der Waals surface area (Å²) in [5, 5.41) is 3.10. The van der Waals surface area contributed by atoms with Gasteiger partial charge in [0.25, 0.3) is 0 Å². The number of hydrogen-bond donors (Lipinski definition) is 0. The van der Waals surface area contributed by atoms with Crippen LogP contribution in [0.25, 0.3) is 0 Å². The molecule has 0 atom stereocenters. The molecule has 0 spiro atoms. The molecule has 0 fully saturated rings. The summed E-state index contributed by atoms with van der Waals surface area (Å²) in [6.45, 7) is 7.74. The van der Waals surface area contributed by atoms with Crippen molar-refractivity contribution >= 4 is 16.8 Å². The summed E-state index contributed by atoms with van der Waals surface area (Å²) in [7, 11) is 0. The molecule has 0 aliphatic carbocycles. The van der Waals surface area contributed by atoms with Crippen LogP contribution in [0, 0.1) is 0 Å². The minimum absolute atomic E-state index is 1.06. The number of aliphatic imine (C=N–C) groups is 1. The Morgan fingerprint density at radius 2 is 2.36 bits per heavy atom. The summed E-state index contributed by atoms with van der Waals surface area (Å²) in [6.07, 6.45) is 3.67. The number of hydrogen-bond acceptors (Lipinski definition) is 2. The summed E-state index contributed by atoms with van der Waals surface area (Å²) < 4.78 is 0. The molecule has 0 saturated heterocycles. The molecular formula is C9H11NS. The van der Waals surface area contributed by atoms with Gasteiger partial charge in [0.1, 0.15) is 5.04 Å². The summed E-state index contributed by atoms with van der Waals surface area (Å²) >= 11 is 1.64. The van der Waals surface area contributed by atoms with Crippen LogP contribution in [-0.4, -0.2) is 5.04 Å². The average molecular weight is 165 g/mol. The van der Waals surface area contributed by atoms with Gasteiger partial charge in [-0.05, 0) is 25.3 Å². The van der Waals surface area contributed by atoms with Crippen molar-refractivity contribution in [2.24, 2.45) is 4.99 Å². The van der Waals surface area contributed by atoms with Crippen molar-refractivity contribution in [3.8, 4) is 0 Å². The zero-order valence-corrected chi connectivity index (χ0v) is 7.61. The number of nitrogens with zero attached hydrogens (tertiary/aromatic N) is 1. The fraction of sp³-hybridized carbons (Fsp3) is 0.222. The van der Waals surface area contributed by atoms with Gasteiger partial charge in [-0.2, -0.15) is 0 Å². The zero-order valence-electron chi connectivity index (χ0n) is 6.79. The maximum absolute atomic E-state index is 4.15. The first kappa shape index (κ1) is 8.34. The Morgan fingerprint density at radius 3 is 2.91 bits per heavy atom. The van der Waals surface area contributed by atoms with Gasteiger partial charge < -0.3 is 0 Å². The van der Waals surface area contributed by atoms with Crippen LogP contribution >= 0.6 is 11.8 Å². The van der Waals surface area contributed by atoms with E-state index in [4.69, 9.17) is 0 Å². The number of thioether (sulfide) groups is 1. The smallest absolute Gasteiger partial charge is 0.107 e. The Morgan fingerprint density at radius 1 is 1.64 bits per heavy atom. The second-order valence-corrected chi connectivity index (χ2v) is 3.35. The molecule has 0 N–H and O–H groups in total. The van der Waals surface area contributed by atoms with Gasteiger partial charge in [-0.15, -0.1) is 0 Å². The normalized spacial score (nSPS) is 19.5. The first-order valence-electron chi connectivity index (χ1n) is 3.45. The minimum atomic E-state index is 1.06. The van der Waals surface area contributed by atoms with Gasteiger partial charge in [-0.1, -0.05) is 23.9 Å². The lowest BCUT2D eigenvalue weighted by molar-refractivity contribution is 1.36. The van der Waals surface area contributed by atoms with Crippen molar-refractivity contribution in [3.63, 3.8) is 0 Å². The lowest BCUT2D eigenvalue weighted by atomic mass is 10.2. The Hall–Kier alpha value is -0.760. The molecule has 0 aromatic rings. The molecule has 58 valence electrons. The molecule has 0 aromatic heterocycles. The first-order chi connectivity index (χ1) is 5.25. The third-order valence-corrected chi connectivity index (χ3v) is 2.21. The molecule has 1 rings (SSSR count). The Kier molecular flexibility index (Phi) is 2.71. The second-order valence-electron chi connectivity index (χ2n) is 2.45. The standard InChI is InChI=1S/C9H11NS/c1-4-10-9-8(7(2)3)5-6-11-9/h4-6H,1H2,2-3H3. The topological polar surface area (TPSA) is 12.4 Å². The third kappa shape index (κ3) is 1.84. The molecule has 0 bridgehead atoms. The van der Waals surface area contributed by atoms with E-state index in [-0.39, 0.29) is 0 Å². The van der Waals surface area contributed by atoms with Crippen LogP contribution in [-0.2, 0) is 0 Å². The van der Waals surface area contributed by atoms with E-state index in [2.05, 4.69) is 31.5 Å². The lowest BCUT2D eigenvalue weighted by Gasteiger charge is -1.98. The van der Waals surface area contributed by atoms with E-state index in [0.717, 1.165) is 5.04 Å². The molecule has 2 heteroatoms. The molecule has 0 aromatic carbocycles. The van der Waals surface area contributed by atoms with Crippen LogP contribution in [0.5, 0.6) is 0 Å². The van der Waals surface area contributed by atoms with Crippen molar-refractivity contribution in [1.29, 1.82) is 0 Å². The fourth-order valence-electron chi connectivity index (χ4n) is 0.865. The monoisotopic (exact) mass is 165 g/mol. The van der Waals surface area contributed by atoms with Gasteiger partial charge in [-0.3, -0.25) is 0 Å². The van der Waals surface area contributed by atoms with Crippen LogP contribution in [0.15, 0.2) is 40.4 Å². The second kappa shape index (κ2) is 3.58. The molecule has 1 nitrogen and oxygen atoms in total. The molecule has 1 aliphatic heterocycles. The molecule has 1 aliphatic rings. The van der Waals surface area contributed by atoms with Crippen molar-refractivity contribution in [2.45, 2.75) is 13.8 Å². The first-order valence-corrected chi connectivity index (χ1v) is 4.33. The molecule has 0 saturated carbocycles. The van der Waals surface area contributed by atoms with Gasteiger partial charge in [0, 0.05) is 11.8 Å². The molecule has 0 radical (unpaired) electrons. The van der Waals surface area contributed by atoms with E-state index >= 15 is 0 Å². The Balaban J connectivity index is 2.98. The van der Waals surface area contributed by atoms with Crippen LogP contribution in [0.2, 0.25) is 0 Å². The van der Waals surface area contributed by atoms with Crippen molar-refractivity contribution in [2.75, 3.05) is 0 Å². The Labute approximate surface area is 71.6 Å². The number of rotatable bonds is 1. The van der Waals surface area contributed by atoms with E-state index in [1.54, 1.807) is 18.0 Å². The fourth-order valence-corrected chi connectivity index (χ4v) is 1.73. The van der Waals surface area contributed by atoms with Crippen molar-refractivity contribution < 1.29 is 0 Å². The van der Waals surface area contributed by atoms with Gasteiger partial charge in [-0.25, -0.2) is 4.99 Å². The van der Waals surface area contributed by atoms with Crippen LogP contribution in [0.4, 0.5) is 0 Å². The predicted molar refractivity (Wildman–Crippen MR) is 52.7 cm³/mol. The lowest BCUT2D eigenvalue weighted by Crippen LogP contribution is -1.90. The van der Waals surface area contributed by atoms with E-state index in [1.165, 1.54) is 11.1 Å². The van der Waals surface area contributed by atoms with E-state index in [9.17, 15) is 0 Å². The average Bonchev–Trinajstić information content (AvgIpc) is 2.36. The quantitative estimate of drug-likeness (QED) is 0.581. The van der Waals surface area contributed by atoms with Gasteiger partial charge in [0.05, 0.1) is 0 Å². The highest BCUT2D eigenvalue weighted by molar-refractivity contribution is 8.17. The highest BCUT2D eigenvalue weighted by Crippen LogP contribution is 2.26. The number of allylic oxidation sites excluding steroid dienone is 2. The van der Waals surface area contributed by atoms with Gasteiger partial charge >= 0.3 is 0 Å².